The molecule has 1 aliphatic carbocycles. The molecule has 0 radical (unpaired) electrons. The zero-order valence-corrected chi connectivity index (χ0v) is 14.5. The molecule has 1 saturated heterocycles. The lowest BCUT2D eigenvalue weighted by Crippen LogP contribution is -2.39. The molecule has 2 aromatic carbocycles. The minimum absolute atomic E-state index is 0.0443. The number of piperidine rings is 1. The van der Waals surface area contributed by atoms with Gasteiger partial charge in [0.05, 0.1) is 6.10 Å². The first kappa shape index (κ1) is 15.9. The SMILES string of the molecule is CN1CCCC2CC(OC(c3ccccc3)c3ccccc3)CC21. The Hall–Kier alpha value is -1.64. The number of fused-ring (bicyclic) bond motifs is 1. The van der Waals surface area contributed by atoms with Gasteiger partial charge in [0.1, 0.15) is 6.10 Å². The lowest BCUT2D eigenvalue weighted by Gasteiger charge is -2.34. The quantitative estimate of drug-likeness (QED) is 0.811. The van der Waals surface area contributed by atoms with Crippen molar-refractivity contribution in [3.05, 3.63) is 71.8 Å². The van der Waals surface area contributed by atoms with E-state index >= 15 is 0 Å². The lowest BCUT2D eigenvalue weighted by atomic mass is 9.92. The Morgan fingerprint density at radius 3 is 2.12 bits per heavy atom. The van der Waals surface area contributed by atoms with Gasteiger partial charge in [0.2, 0.25) is 0 Å². The van der Waals surface area contributed by atoms with Gasteiger partial charge in [-0.25, -0.2) is 0 Å². The van der Waals surface area contributed by atoms with E-state index in [1.807, 2.05) is 0 Å². The number of benzene rings is 2. The average Bonchev–Trinajstić information content (AvgIpc) is 3.05. The van der Waals surface area contributed by atoms with Crippen LogP contribution in [-0.2, 0) is 4.74 Å². The summed E-state index contributed by atoms with van der Waals surface area (Å²) in [6, 6.07) is 22.0. The normalized spacial score (nSPS) is 27.3. The van der Waals surface area contributed by atoms with Crippen molar-refractivity contribution in [2.75, 3.05) is 13.6 Å². The predicted octanol–water partition coefficient (Wildman–Crippen LogP) is 4.67. The van der Waals surface area contributed by atoms with E-state index in [0.29, 0.717) is 6.10 Å². The summed E-state index contributed by atoms with van der Waals surface area (Å²) in [6.07, 6.45) is 5.51. The molecule has 2 aromatic rings. The van der Waals surface area contributed by atoms with E-state index in [4.69, 9.17) is 4.74 Å². The predicted molar refractivity (Wildman–Crippen MR) is 98.0 cm³/mol. The fourth-order valence-electron chi connectivity index (χ4n) is 4.58. The molecule has 4 rings (SSSR count). The molecule has 1 aliphatic heterocycles. The van der Waals surface area contributed by atoms with Crippen LogP contribution in [0, 0.1) is 5.92 Å². The Morgan fingerprint density at radius 2 is 1.54 bits per heavy atom. The van der Waals surface area contributed by atoms with Crippen molar-refractivity contribution in [1.29, 1.82) is 0 Å². The van der Waals surface area contributed by atoms with Gasteiger partial charge in [-0.2, -0.15) is 0 Å². The van der Waals surface area contributed by atoms with Crippen LogP contribution in [0.4, 0.5) is 0 Å². The summed E-state index contributed by atoms with van der Waals surface area (Å²) < 4.78 is 6.70. The fourth-order valence-corrected chi connectivity index (χ4v) is 4.58. The van der Waals surface area contributed by atoms with Gasteiger partial charge < -0.3 is 9.64 Å². The Bertz CT molecular complexity index is 602. The smallest absolute Gasteiger partial charge is 0.108 e. The topological polar surface area (TPSA) is 12.5 Å². The molecule has 2 aliphatic rings. The largest absolute Gasteiger partial charge is 0.365 e. The Labute approximate surface area is 145 Å². The van der Waals surface area contributed by atoms with Crippen LogP contribution in [0.5, 0.6) is 0 Å². The first-order valence-corrected chi connectivity index (χ1v) is 9.27. The lowest BCUT2D eigenvalue weighted by molar-refractivity contribution is 0.00851. The Balaban J connectivity index is 1.55. The molecule has 1 heterocycles. The number of hydrogen-bond acceptors (Lipinski definition) is 2. The average molecular weight is 321 g/mol. The molecule has 24 heavy (non-hydrogen) atoms. The number of rotatable bonds is 4. The molecule has 126 valence electrons. The minimum Gasteiger partial charge on any atom is -0.365 e. The molecule has 2 heteroatoms. The molecule has 1 saturated carbocycles. The van der Waals surface area contributed by atoms with E-state index in [0.717, 1.165) is 12.0 Å². The first-order valence-electron chi connectivity index (χ1n) is 9.27. The van der Waals surface area contributed by atoms with E-state index in [-0.39, 0.29) is 6.10 Å². The van der Waals surface area contributed by atoms with Gasteiger partial charge in [0.25, 0.3) is 0 Å². The zero-order valence-electron chi connectivity index (χ0n) is 14.5. The van der Waals surface area contributed by atoms with Crippen molar-refractivity contribution >= 4 is 0 Å². The standard InChI is InChI=1S/C22H27NO/c1-23-14-8-13-19-15-20(16-21(19)23)24-22(17-9-4-2-5-10-17)18-11-6-3-7-12-18/h2-7,9-12,19-22H,8,13-16H2,1H3. The van der Waals surface area contributed by atoms with Gasteiger partial charge in [-0.1, -0.05) is 60.7 Å². The number of ether oxygens (including phenoxy) is 1. The highest BCUT2D eigenvalue weighted by Gasteiger charge is 2.40. The number of likely N-dealkylation sites (tertiary alicyclic amines) is 1. The van der Waals surface area contributed by atoms with Gasteiger partial charge in [-0.15, -0.1) is 0 Å². The van der Waals surface area contributed by atoms with E-state index < -0.39 is 0 Å². The molecule has 2 fully saturated rings. The van der Waals surface area contributed by atoms with E-state index in [9.17, 15) is 0 Å². The summed E-state index contributed by atoms with van der Waals surface area (Å²) in [6.45, 7) is 1.24. The summed E-state index contributed by atoms with van der Waals surface area (Å²) in [5.74, 6) is 0.820. The second-order valence-corrected chi connectivity index (χ2v) is 7.38. The summed E-state index contributed by atoms with van der Waals surface area (Å²) >= 11 is 0. The monoisotopic (exact) mass is 321 g/mol. The highest BCUT2D eigenvalue weighted by molar-refractivity contribution is 5.30. The summed E-state index contributed by atoms with van der Waals surface area (Å²) in [5, 5.41) is 0. The zero-order chi connectivity index (χ0) is 16.4. The van der Waals surface area contributed by atoms with Crippen LogP contribution in [0.25, 0.3) is 0 Å². The molecular formula is C22H27NO. The van der Waals surface area contributed by atoms with Gasteiger partial charge in [-0.05, 0) is 56.3 Å². The Kier molecular flexibility index (Phi) is 4.68. The summed E-state index contributed by atoms with van der Waals surface area (Å²) in [5.41, 5.74) is 2.51. The highest BCUT2D eigenvalue weighted by atomic mass is 16.5. The van der Waals surface area contributed by atoms with Crippen LogP contribution in [-0.4, -0.2) is 30.6 Å². The van der Waals surface area contributed by atoms with E-state index in [2.05, 4.69) is 72.6 Å². The number of hydrogen-bond donors (Lipinski definition) is 0. The van der Waals surface area contributed by atoms with E-state index in [1.165, 1.54) is 43.4 Å². The Morgan fingerprint density at radius 1 is 0.917 bits per heavy atom. The van der Waals surface area contributed by atoms with Gasteiger partial charge in [0, 0.05) is 6.04 Å². The first-order chi connectivity index (χ1) is 11.8. The second-order valence-electron chi connectivity index (χ2n) is 7.38. The van der Waals surface area contributed by atoms with Crippen LogP contribution in [0.2, 0.25) is 0 Å². The number of nitrogens with zero attached hydrogens (tertiary/aromatic N) is 1. The molecule has 0 amide bonds. The van der Waals surface area contributed by atoms with Crippen LogP contribution >= 0.6 is 0 Å². The molecule has 3 atom stereocenters. The maximum Gasteiger partial charge on any atom is 0.108 e. The molecule has 3 unspecified atom stereocenters. The molecule has 0 bridgehead atoms. The van der Waals surface area contributed by atoms with Crippen molar-refractivity contribution < 1.29 is 4.74 Å². The van der Waals surface area contributed by atoms with Crippen LogP contribution in [0.3, 0.4) is 0 Å². The highest BCUT2D eigenvalue weighted by Crippen LogP contribution is 2.40. The maximum atomic E-state index is 6.70. The maximum absolute atomic E-state index is 6.70. The summed E-state index contributed by atoms with van der Waals surface area (Å²) in [7, 11) is 2.28. The summed E-state index contributed by atoms with van der Waals surface area (Å²) in [4.78, 5) is 2.55. The molecule has 0 aromatic heterocycles. The molecule has 0 spiro atoms. The molecule has 2 nitrogen and oxygen atoms in total. The van der Waals surface area contributed by atoms with Gasteiger partial charge in [0.15, 0.2) is 0 Å². The van der Waals surface area contributed by atoms with Crippen molar-refractivity contribution in [3.63, 3.8) is 0 Å². The third-order valence-corrected chi connectivity index (χ3v) is 5.80. The van der Waals surface area contributed by atoms with Crippen LogP contribution in [0.1, 0.15) is 42.9 Å². The van der Waals surface area contributed by atoms with Crippen molar-refractivity contribution in [3.8, 4) is 0 Å². The molecule has 0 N–H and O–H groups in total. The van der Waals surface area contributed by atoms with Gasteiger partial charge >= 0.3 is 0 Å². The van der Waals surface area contributed by atoms with Crippen molar-refractivity contribution in [2.24, 2.45) is 5.92 Å². The second kappa shape index (κ2) is 7.08. The van der Waals surface area contributed by atoms with Crippen molar-refractivity contribution in [2.45, 2.75) is 43.9 Å². The van der Waals surface area contributed by atoms with Crippen LogP contribution < -0.4 is 0 Å². The molecular weight excluding hydrogens is 294 g/mol. The van der Waals surface area contributed by atoms with Crippen molar-refractivity contribution in [1.82, 2.24) is 4.90 Å². The van der Waals surface area contributed by atoms with E-state index in [1.54, 1.807) is 0 Å². The third-order valence-electron chi connectivity index (χ3n) is 5.80. The minimum atomic E-state index is 0.0443. The fraction of sp³-hybridized carbons (Fsp3) is 0.455. The third kappa shape index (κ3) is 3.26. The van der Waals surface area contributed by atoms with Gasteiger partial charge in [-0.3, -0.25) is 0 Å². The van der Waals surface area contributed by atoms with Crippen LogP contribution in [0.15, 0.2) is 60.7 Å².